The van der Waals surface area contributed by atoms with Crippen molar-refractivity contribution < 1.29 is 4.79 Å². The Bertz CT molecular complexity index is 103. The fraction of sp³-hybridized carbons (Fsp3) is 0.833. The number of alkyl halides is 1. The summed E-state index contributed by atoms with van der Waals surface area (Å²) in [6, 6.07) is 0. The van der Waals surface area contributed by atoms with Gasteiger partial charge in [0.25, 0.3) is 0 Å². The summed E-state index contributed by atoms with van der Waals surface area (Å²) in [6.45, 7) is 3.99. The summed E-state index contributed by atoms with van der Waals surface area (Å²) >= 11 is 3.26. The molecule has 0 saturated heterocycles. The topological polar surface area (TPSA) is 29.1 Å². The lowest BCUT2D eigenvalue weighted by Crippen LogP contribution is -2.30. The van der Waals surface area contributed by atoms with Gasteiger partial charge in [0.1, 0.15) is 0 Å². The minimum absolute atomic E-state index is 0.0463. The molecule has 0 heterocycles. The third kappa shape index (κ3) is 2.84. The molecular weight excluding hydrogens is 182 g/mol. The summed E-state index contributed by atoms with van der Waals surface area (Å²) in [6.07, 6.45) is 0. The molecule has 0 saturated carbocycles. The first kappa shape index (κ1) is 8.95. The van der Waals surface area contributed by atoms with E-state index in [1.165, 1.54) is 0 Å². The van der Waals surface area contributed by atoms with Gasteiger partial charge in [-0.1, -0.05) is 29.8 Å². The molecule has 1 N–H and O–H groups in total. The average Bonchev–Trinajstić information content (AvgIpc) is 1.84. The zero-order valence-corrected chi connectivity index (χ0v) is 7.53. The van der Waals surface area contributed by atoms with Gasteiger partial charge in [-0.15, -0.1) is 0 Å². The van der Waals surface area contributed by atoms with Crippen molar-refractivity contribution in [3.8, 4) is 0 Å². The number of rotatable bonds is 2. The minimum atomic E-state index is -0.0532. The normalized spacial score (nSPS) is 13.4. The van der Waals surface area contributed by atoms with E-state index in [9.17, 15) is 4.79 Å². The van der Waals surface area contributed by atoms with Crippen LogP contribution in [-0.2, 0) is 4.79 Å². The summed E-state index contributed by atoms with van der Waals surface area (Å²) in [7, 11) is 1.64. The molecule has 1 amide bonds. The van der Waals surface area contributed by atoms with E-state index in [2.05, 4.69) is 21.2 Å². The highest BCUT2D eigenvalue weighted by molar-refractivity contribution is 9.10. The molecule has 2 nitrogen and oxygen atoms in total. The quantitative estimate of drug-likeness (QED) is 0.656. The van der Waals surface area contributed by atoms with Gasteiger partial charge < -0.3 is 5.32 Å². The van der Waals surface area contributed by atoms with Crippen LogP contribution in [0.1, 0.15) is 13.8 Å². The molecule has 0 aliphatic heterocycles. The van der Waals surface area contributed by atoms with Crippen molar-refractivity contribution in [3.63, 3.8) is 0 Å². The molecule has 0 aliphatic carbocycles. The smallest absolute Gasteiger partial charge is 0.233 e. The SMILES string of the molecule is CNC(=O)C(Br)C(C)C. The van der Waals surface area contributed by atoms with Crippen molar-refractivity contribution in [3.05, 3.63) is 0 Å². The monoisotopic (exact) mass is 193 g/mol. The van der Waals surface area contributed by atoms with Crippen molar-refractivity contribution in [2.45, 2.75) is 18.7 Å². The van der Waals surface area contributed by atoms with E-state index in [-0.39, 0.29) is 10.7 Å². The van der Waals surface area contributed by atoms with Gasteiger partial charge in [0.15, 0.2) is 0 Å². The van der Waals surface area contributed by atoms with E-state index in [1.807, 2.05) is 13.8 Å². The van der Waals surface area contributed by atoms with Crippen LogP contribution in [0.4, 0.5) is 0 Å². The lowest BCUT2D eigenvalue weighted by molar-refractivity contribution is -0.120. The van der Waals surface area contributed by atoms with Crippen molar-refractivity contribution in [1.82, 2.24) is 5.32 Å². The van der Waals surface area contributed by atoms with Gasteiger partial charge >= 0.3 is 0 Å². The number of carbonyl (C=O) groups is 1. The summed E-state index contributed by atoms with van der Waals surface area (Å²) in [5.74, 6) is 0.398. The molecule has 3 heteroatoms. The molecule has 0 rings (SSSR count). The van der Waals surface area contributed by atoms with Crippen LogP contribution in [0.3, 0.4) is 0 Å². The first-order chi connectivity index (χ1) is 4.09. The maximum absolute atomic E-state index is 10.8. The van der Waals surface area contributed by atoms with E-state index in [1.54, 1.807) is 7.05 Å². The number of nitrogens with one attached hydrogen (secondary N) is 1. The van der Waals surface area contributed by atoms with Crippen LogP contribution < -0.4 is 5.32 Å². The number of hydrogen-bond donors (Lipinski definition) is 1. The minimum Gasteiger partial charge on any atom is -0.358 e. The number of amides is 1. The fourth-order valence-corrected chi connectivity index (χ4v) is 0.670. The molecule has 0 radical (unpaired) electrons. The molecule has 0 fully saturated rings. The Hall–Kier alpha value is -0.0500. The van der Waals surface area contributed by atoms with Crippen LogP contribution in [0.2, 0.25) is 0 Å². The van der Waals surface area contributed by atoms with Crippen LogP contribution in [0.5, 0.6) is 0 Å². The molecule has 54 valence electrons. The van der Waals surface area contributed by atoms with Crippen molar-refractivity contribution in [2.24, 2.45) is 5.92 Å². The van der Waals surface area contributed by atoms with Crippen molar-refractivity contribution in [1.29, 1.82) is 0 Å². The second-order valence-corrected chi connectivity index (χ2v) is 3.25. The standard InChI is InChI=1S/C6H12BrNO/c1-4(2)5(7)6(9)8-3/h4-5H,1-3H3,(H,8,9). The van der Waals surface area contributed by atoms with Gasteiger partial charge in [-0.05, 0) is 5.92 Å². The van der Waals surface area contributed by atoms with Gasteiger partial charge in [0.2, 0.25) is 5.91 Å². The first-order valence-corrected chi connectivity index (χ1v) is 3.86. The average molecular weight is 194 g/mol. The Balaban J connectivity index is 3.72. The van der Waals surface area contributed by atoms with Crippen molar-refractivity contribution >= 4 is 21.8 Å². The van der Waals surface area contributed by atoms with E-state index in [0.717, 1.165) is 0 Å². The fourth-order valence-electron chi connectivity index (χ4n) is 0.441. The molecule has 9 heavy (non-hydrogen) atoms. The lowest BCUT2D eigenvalue weighted by Gasteiger charge is -2.10. The lowest BCUT2D eigenvalue weighted by atomic mass is 10.1. The Labute approximate surface area is 64.1 Å². The molecule has 0 aliphatic rings. The summed E-state index contributed by atoms with van der Waals surface area (Å²) in [5, 5.41) is 2.56. The highest BCUT2D eigenvalue weighted by Gasteiger charge is 2.15. The van der Waals surface area contributed by atoms with E-state index >= 15 is 0 Å². The van der Waals surface area contributed by atoms with Gasteiger partial charge in [-0.25, -0.2) is 0 Å². The van der Waals surface area contributed by atoms with Crippen LogP contribution in [0.25, 0.3) is 0 Å². The summed E-state index contributed by atoms with van der Waals surface area (Å²) in [5.41, 5.74) is 0. The van der Waals surface area contributed by atoms with Gasteiger partial charge in [-0.3, -0.25) is 4.79 Å². The third-order valence-electron chi connectivity index (χ3n) is 1.08. The van der Waals surface area contributed by atoms with Crippen molar-refractivity contribution in [2.75, 3.05) is 7.05 Å². The van der Waals surface area contributed by atoms with Gasteiger partial charge in [0, 0.05) is 7.05 Å². The van der Waals surface area contributed by atoms with Crippen LogP contribution in [0.15, 0.2) is 0 Å². The Morgan fingerprint density at radius 1 is 1.56 bits per heavy atom. The molecule has 0 spiro atoms. The zero-order valence-electron chi connectivity index (χ0n) is 5.94. The predicted octanol–water partition coefficient (Wildman–Crippen LogP) is 1.15. The predicted molar refractivity (Wildman–Crippen MR) is 41.6 cm³/mol. The number of hydrogen-bond acceptors (Lipinski definition) is 1. The largest absolute Gasteiger partial charge is 0.358 e. The molecule has 0 bridgehead atoms. The van der Waals surface area contributed by atoms with Crippen LogP contribution in [0, 0.1) is 5.92 Å². The molecule has 0 aromatic carbocycles. The Morgan fingerprint density at radius 3 is 2.11 bits per heavy atom. The van der Waals surface area contributed by atoms with E-state index in [4.69, 9.17) is 0 Å². The summed E-state index contributed by atoms with van der Waals surface area (Å²) in [4.78, 5) is 10.7. The maximum atomic E-state index is 10.8. The van der Waals surface area contributed by atoms with Gasteiger partial charge in [0.05, 0.1) is 4.83 Å². The maximum Gasteiger partial charge on any atom is 0.233 e. The zero-order chi connectivity index (χ0) is 7.44. The first-order valence-electron chi connectivity index (χ1n) is 2.95. The molecular formula is C6H12BrNO. The number of halogens is 1. The van der Waals surface area contributed by atoms with E-state index in [0.29, 0.717) is 5.92 Å². The van der Waals surface area contributed by atoms with E-state index < -0.39 is 0 Å². The molecule has 0 aromatic rings. The molecule has 0 aromatic heterocycles. The Kier molecular flexibility index (Phi) is 3.86. The van der Waals surface area contributed by atoms with Crippen LogP contribution >= 0.6 is 15.9 Å². The Morgan fingerprint density at radius 2 is 2.00 bits per heavy atom. The third-order valence-corrected chi connectivity index (χ3v) is 2.56. The van der Waals surface area contributed by atoms with Crippen LogP contribution in [-0.4, -0.2) is 17.8 Å². The van der Waals surface area contributed by atoms with Gasteiger partial charge in [-0.2, -0.15) is 0 Å². The highest BCUT2D eigenvalue weighted by atomic mass is 79.9. The number of carbonyl (C=O) groups excluding carboxylic acids is 1. The molecule has 1 unspecified atom stereocenters. The highest BCUT2D eigenvalue weighted by Crippen LogP contribution is 2.10. The second-order valence-electron chi connectivity index (χ2n) is 2.26. The molecule has 1 atom stereocenters. The second kappa shape index (κ2) is 3.88. The summed E-state index contributed by atoms with van der Waals surface area (Å²) < 4.78 is 0.